The molecule has 1 aromatic rings. The highest BCUT2D eigenvalue weighted by atomic mass is 16.4. The molecule has 0 spiro atoms. The summed E-state index contributed by atoms with van der Waals surface area (Å²) in [7, 11) is 0. The highest BCUT2D eigenvalue weighted by molar-refractivity contribution is 5.78. The third-order valence-electron chi connectivity index (χ3n) is 5.30. The molecule has 2 N–H and O–H groups in total. The average Bonchev–Trinajstić information content (AvgIpc) is 2.69. The molecule has 158 valence electrons. The van der Waals surface area contributed by atoms with Crippen molar-refractivity contribution in [3.63, 3.8) is 0 Å². The first-order valence-corrected chi connectivity index (χ1v) is 11.4. The Bertz CT molecular complexity index is 553. The van der Waals surface area contributed by atoms with E-state index in [-0.39, 0.29) is 0 Å². The molecule has 0 heterocycles. The molecule has 1 unspecified atom stereocenters. The number of carbonyl (C=O) groups is 1. The van der Waals surface area contributed by atoms with Gasteiger partial charge in [0.15, 0.2) is 0 Å². The SMILES string of the molecule is CCCCCCCCCC/C=C/CCCNc1ccccc1C(CC)C(=O)O. The number of aliphatic carboxylic acids is 1. The number of unbranched alkanes of at least 4 members (excludes halogenated alkanes) is 9. The van der Waals surface area contributed by atoms with Crippen molar-refractivity contribution < 1.29 is 9.90 Å². The topological polar surface area (TPSA) is 49.3 Å². The Hall–Kier alpha value is -1.77. The van der Waals surface area contributed by atoms with E-state index in [4.69, 9.17) is 0 Å². The maximum atomic E-state index is 11.4. The lowest BCUT2D eigenvalue weighted by Gasteiger charge is -2.16. The van der Waals surface area contributed by atoms with Crippen LogP contribution in [0.3, 0.4) is 0 Å². The van der Waals surface area contributed by atoms with Crippen LogP contribution in [0.1, 0.15) is 102 Å². The molecule has 0 radical (unpaired) electrons. The molecule has 0 aliphatic rings. The number of carboxylic acids is 1. The standard InChI is InChI=1S/C25H41NO2/c1-3-5-6-7-8-9-10-11-12-13-14-15-18-21-26-24-20-17-16-19-23(24)22(4-2)25(27)28/h13-14,16-17,19-20,22,26H,3-12,15,18,21H2,1-2H3,(H,27,28)/b14-13+. The van der Waals surface area contributed by atoms with Crippen LogP contribution in [0.2, 0.25) is 0 Å². The number of rotatable bonds is 17. The second-order valence-electron chi connectivity index (χ2n) is 7.69. The van der Waals surface area contributed by atoms with Crippen molar-refractivity contribution in [2.45, 2.75) is 96.8 Å². The molecule has 0 fully saturated rings. The van der Waals surface area contributed by atoms with Gasteiger partial charge in [-0.05, 0) is 43.7 Å². The van der Waals surface area contributed by atoms with Crippen molar-refractivity contribution in [3.05, 3.63) is 42.0 Å². The minimum Gasteiger partial charge on any atom is -0.481 e. The van der Waals surface area contributed by atoms with Gasteiger partial charge in [-0.2, -0.15) is 0 Å². The van der Waals surface area contributed by atoms with E-state index in [0.29, 0.717) is 6.42 Å². The largest absolute Gasteiger partial charge is 0.481 e. The molecule has 1 aromatic carbocycles. The van der Waals surface area contributed by atoms with E-state index < -0.39 is 11.9 Å². The molecule has 0 saturated heterocycles. The van der Waals surface area contributed by atoms with Crippen molar-refractivity contribution >= 4 is 11.7 Å². The zero-order valence-electron chi connectivity index (χ0n) is 18.1. The zero-order chi connectivity index (χ0) is 20.5. The normalized spacial score (nSPS) is 12.4. The molecule has 0 aliphatic heterocycles. The smallest absolute Gasteiger partial charge is 0.311 e. The van der Waals surface area contributed by atoms with Crippen LogP contribution in [0.5, 0.6) is 0 Å². The first-order valence-electron chi connectivity index (χ1n) is 11.4. The Morgan fingerprint density at radius 1 is 0.929 bits per heavy atom. The minimum absolute atomic E-state index is 0.435. The number of allylic oxidation sites excluding steroid dienone is 2. The van der Waals surface area contributed by atoms with Gasteiger partial charge in [-0.15, -0.1) is 0 Å². The number of para-hydroxylation sites is 1. The van der Waals surface area contributed by atoms with Crippen molar-refractivity contribution in [1.82, 2.24) is 0 Å². The summed E-state index contributed by atoms with van der Waals surface area (Å²) in [6.45, 7) is 5.06. The number of benzene rings is 1. The van der Waals surface area contributed by atoms with Gasteiger partial charge in [-0.3, -0.25) is 4.79 Å². The van der Waals surface area contributed by atoms with Gasteiger partial charge < -0.3 is 10.4 Å². The third kappa shape index (κ3) is 10.5. The van der Waals surface area contributed by atoms with Crippen LogP contribution >= 0.6 is 0 Å². The Morgan fingerprint density at radius 3 is 2.18 bits per heavy atom. The molecule has 0 aliphatic carbocycles. The maximum absolute atomic E-state index is 11.4. The summed E-state index contributed by atoms with van der Waals surface area (Å²) in [6.07, 6.45) is 19.5. The monoisotopic (exact) mass is 387 g/mol. The zero-order valence-corrected chi connectivity index (χ0v) is 18.1. The number of hydrogen-bond donors (Lipinski definition) is 2. The molecule has 0 bridgehead atoms. The molecule has 0 amide bonds. The lowest BCUT2D eigenvalue weighted by atomic mass is 9.95. The maximum Gasteiger partial charge on any atom is 0.311 e. The average molecular weight is 388 g/mol. The van der Waals surface area contributed by atoms with Crippen molar-refractivity contribution in [3.8, 4) is 0 Å². The van der Waals surface area contributed by atoms with Gasteiger partial charge in [0.1, 0.15) is 0 Å². The Balaban J connectivity index is 2.13. The quantitative estimate of drug-likeness (QED) is 0.214. The molecular weight excluding hydrogens is 346 g/mol. The van der Waals surface area contributed by atoms with Gasteiger partial charge in [0.05, 0.1) is 5.92 Å². The van der Waals surface area contributed by atoms with Gasteiger partial charge in [0.2, 0.25) is 0 Å². The van der Waals surface area contributed by atoms with Crippen molar-refractivity contribution in [1.29, 1.82) is 0 Å². The summed E-state index contributed by atoms with van der Waals surface area (Å²) >= 11 is 0. The molecule has 0 saturated carbocycles. The molecule has 1 rings (SSSR count). The molecule has 0 aromatic heterocycles. The van der Waals surface area contributed by atoms with Gasteiger partial charge in [-0.1, -0.05) is 89.1 Å². The molecule has 1 atom stereocenters. The third-order valence-corrected chi connectivity index (χ3v) is 5.30. The van der Waals surface area contributed by atoms with E-state index in [1.54, 1.807) is 0 Å². The fourth-order valence-corrected chi connectivity index (χ4v) is 3.56. The lowest BCUT2D eigenvalue weighted by Crippen LogP contribution is -2.13. The van der Waals surface area contributed by atoms with E-state index in [1.807, 2.05) is 31.2 Å². The Kier molecular flexibility index (Phi) is 14.0. The second kappa shape index (κ2) is 16.2. The van der Waals surface area contributed by atoms with Gasteiger partial charge in [-0.25, -0.2) is 0 Å². The van der Waals surface area contributed by atoms with Crippen LogP contribution in [-0.4, -0.2) is 17.6 Å². The number of carboxylic acid groups (broad SMARTS) is 1. The minimum atomic E-state index is -0.749. The Labute approximate surface area is 172 Å². The fraction of sp³-hybridized carbons (Fsp3) is 0.640. The fourth-order valence-electron chi connectivity index (χ4n) is 3.56. The first-order chi connectivity index (χ1) is 13.7. The molecular formula is C25H41NO2. The highest BCUT2D eigenvalue weighted by Crippen LogP contribution is 2.27. The molecule has 28 heavy (non-hydrogen) atoms. The summed E-state index contributed by atoms with van der Waals surface area (Å²) in [5.74, 6) is -1.18. The van der Waals surface area contributed by atoms with Crippen LogP contribution in [-0.2, 0) is 4.79 Å². The van der Waals surface area contributed by atoms with E-state index >= 15 is 0 Å². The van der Waals surface area contributed by atoms with Crippen LogP contribution in [0, 0.1) is 0 Å². The van der Waals surface area contributed by atoms with Gasteiger partial charge in [0, 0.05) is 12.2 Å². The van der Waals surface area contributed by atoms with Crippen LogP contribution in [0.15, 0.2) is 36.4 Å². The summed E-state index contributed by atoms with van der Waals surface area (Å²) in [5.41, 5.74) is 1.85. The number of anilines is 1. The van der Waals surface area contributed by atoms with E-state index in [9.17, 15) is 9.90 Å². The predicted molar refractivity (Wildman–Crippen MR) is 121 cm³/mol. The molecule has 3 heteroatoms. The number of hydrogen-bond acceptors (Lipinski definition) is 2. The number of nitrogens with one attached hydrogen (secondary N) is 1. The summed E-state index contributed by atoms with van der Waals surface area (Å²) in [6, 6.07) is 7.79. The Morgan fingerprint density at radius 2 is 1.54 bits per heavy atom. The first kappa shape index (κ1) is 24.3. The van der Waals surface area contributed by atoms with E-state index in [2.05, 4.69) is 24.4 Å². The summed E-state index contributed by atoms with van der Waals surface area (Å²) in [4.78, 5) is 11.4. The second-order valence-corrected chi connectivity index (χ2v) is 7.69. The van der Waals surface area contributed by atoms with E-state index in [1.165, 1.54) is 57.8 Å². The summed E-state index contributed by atoms with van der Waals surface area (Å²) in [5, 5.41) is 12.8. The van der Waals surface area contributed by atoms with E-state index in [0.717, 1.165) is 30.6 Å². The van der Waals surface area contributed by atoms with Crippen molar-refractivity contribution in [2.75, 3.05) is 11.9 Å². The van der Waals surface area contributed by atoms with Gasteiger partial charge >= 0.3 is 5.97 Å². The molecule has 3 nitrogen and oxygen atoms in total. The lowest BCUT2D eigenvalue weighted by molar-refractivity contribution is -0.138. The van der Waals surface area contributed by atoms with Crippen LogP contribution < -0.4 is 5.32 Å². The van der Waals surface area contributed by atoms with Gasteiger partial charge in [0.25, 0.3) is 0 Å². The van der Waals surface area contributed by atoms with Crippen molar-refractivity contribution in [2.24, 2.45) is 0 Å². The highest BCUT2D eigenvalue weighted by Gasteiger charge is 2.20. The predicted octanol–water partition coefficient (Wildman–Crippen LogP) is 7.54. The van der Waals surface area contributed by atoms with Crippen LogP contribution in [0.4, 0.5) is 5.69 Å². The van der Waals surface area contributed by atoms with Crippen LogP contribution in [0.25, 0.3) is 0 Å². The summed E-state index contributed by atoms with van der Waals surface area (Å²) < 4.78 is 0.